The minimum Gasteiger partial charge on any atom is -0.464 e. The van der Waals surface area contributed by atoms with Gasteiger partial charge >= 0.3 is 5.97 Å². The van der Waals surface area contributed by atoms with Gasteiger partial charge in [-0.05, 0) is 25.1 Å². The number of carbonyl (C=O) groups excluding carboxylic acids is 1. The van der Waals surface area contributed by atoms with Gasteiger partial charge < -0.3 is 4.74 Å². The van der Waals surface area contributed by atoms with E-state index in [2.05, 4.69) is 14.7 Å². The van der Waals surface area contributed by atoms with Gasteiger partial charge in [-0.25, -0.2) is 27.2 Å². The van der Waals surface area contributed by atoms with Crippen molar-refractivity contribution in [3.05, 3.63) is 53.1 Å². The standard InChI is InChI=1S/C15H12ClN3O4S/c1-9-3-5-10(6-4-9)24(21,22)19-12(15(20)23-2)7-11-13(16)17-8-18-14(11)19/h3-8H,1-2H3. The number of fused-ring (bicyclic) bond motifs is 1. The average molecular weight is 366 g/mol. The predicted octanol–water partition coefficient (Wildman–Crippen LogP) is 2.42. The highest BCUT2D eigenvalue weighted by Gasteiger charge is 2.28. The lowest BCUT2D eigenvalue weighted by atomic mass is 10.2. The molecule has 0 atom stereocenters. The van der Waals surface area contributed by atoms with Crippen LogP contribution in [0.1, 0.15) is 16.1 Å². The molecule has 0 spiro atoms. The summed E-state index contributed by atoms with van der Waals surface area (Å²) in [6.45, 7) is 1.84. The number of carbonyl (C=O) groups is 1. The molecule has 0 bridgehead atoms. The monoisotopic (exact) mass is 365 g/mol. The van der Waals surface area contributed by atoms with Gasteiger partial charge in [-0.3, -0.25) is 0 Å². The van der Waals surface area contributed by atoms with Crippen molar-refractivity contribution in [2.45, 2.75) is 11.8 Å². The van der Waals surface area contributed by atoms with E-state index in [1.165, 1.54) is 18.2 Å². The molecule has 0 saturated carbocycles. The molecular weight excluding hydrogens is 354 g/mol. The molecule has 0 aliphatic rings. The SMILES string of the molecule is COC(=O)c1cc2c(Cl)ncnc2n1S(=O)(=O)c1ccc(C)cc1. The molecule has 7 nitrogen and oxygen atoms in total. The zero-order valence-corrected chi connectivity index (χ0v) is 14.3. The number of aromatic nitrogens is 3. The van der Waals surface area contributed by atoms with Crippen LogP contribution in [0.15, 0.2) is 41.6 Å². The fraction of sp³-hybridized carbons (Fsp3) is 0.133. The number of rotatable bonds is 3. The van der Waals surface area contributed by atoms with Gasteiger partial charge in [-0.2, -0.15) is 0 Å². The highest BCUT2D eigenvalue weighted by atomic mass is 35.5. The maximum atomic E-state index is 13.0. The first-order valence-corrected chi connectivity index (χ1v) is 8.60. The number of esters is 1. The van der Waals surface area contributed by atoms with Crippen LogP contribution in [0.4, 0.5) is 0 Å². The number of hydrogen-bond acceptors (Lipinski definition) is 6. The molecule has 0 amide bonds. The molecule has 3 aromatic rings. The van der Waals surface area contributed by atoms with Gasteiger partial charge in [0.25, 0.3) is 10.0 Å². The molecule has 0 saturated heterocycles. The van der Waals surface area contributed by atoms with Gasteiger partial charge in [0, 0.05) is 0 Å². The van der Waals surface area contributed by atoms with Crippen molar-refractivity contribution in [2.24, 2.45) is 0 Å². The van der Waals surface area contributed by atoms with Crippen molar-refractivity contribution in [3.8, 4) is 0 Å². The third kappa shape index (κ3) is 2.53. The Morgan fingerprint density at radius 1 is 1.21 bits per heavy atom. The number of methoxy groups -OCH3 is 1. The second-order valence-electron chi connectivity index (χ2n) is 5.01. The summed E-state index contributed by atoms with van der Waals surface area (Å²) in [6, 6.07) is 7.55. The van der Waals surface area contributed by atoms with Crippen LogP contribution in [-0.2, 0) is 14.8 Å². The van der Waals surface area contributed by atoms with Crippen LogP contribution < -0.4 is 0 Å². The highest BCUT2D eigenvalue weighted by Crippen LogP contribution is 2.28. The topological polar surface area (TPSA) is 91.2 Å². The average Bonchev–Trinajstić information content (AvgIpc) is 2.96. The lowest BCUT2D eigenvalue weighted by Gasteiger charge is -2.10. The molecule has 0 N–H and O–H groups in total. The fourth-order valence-electron chi connectivity index (χ4n) is 2.27. The fourth-order valence-corrected chi connectivity index (χ4v) is 3.90. The zero-order chi connectivity index (χ0) is 17.5. The van der Waals surface area contributed by atoms with Gasteiger partial charge in [-0.15, -0.1) is 0 Å². The summed E-state index contributed by atoms with van der Waals surface area (Å²) in [5.41, 5.74) is 0.719. The van der Waals surface area contributed by atoms with Crippen LogP contribution in [0.2, 0.25) is 5.15 Å². The van der Waals surface area contributed by atoms with Crippen molar-refractivity contribution in [3.63, 3.8) is 0 Å². The van der Waals surface area contributed by atoms with Gasteiger partial charge in [0.15, 0.2) is 5.65 Å². The largest absolute Gasteiger partial charge is 0.464 e. The summed E-state index contributed by atoms with van der Waals surface area (Å²) in [5.74, 6) is -0.820. The molecule has 1 aromatic carbocycles. The molecule has 0 unspecified atom stereocenters. The third-order valence-electron chi connectivity index (χ3n) is 3.46. The third-order valence-corrected chi connectivity index (χ3v) is 5.48. The normalized spacial score (nSPS) is 11.6. The van der Waals surface area contributed by atoms with Crippen molar-refractivity contribution < 1.29 is 17.9 Å². The Labute approximate surface area is 142 Å². The Kier molecular flexibility index (Phi) is 4.02. The smallest absolute Gasteiger partial charge is 0.355 e. The van der Waals surface area contributed by atoms with E-state index in [9.17, 15) is 13.2 Å². The van der Waals surface area contributed by atoms with Crippen LogP contribution in [-0.4, -0.2) is 35.4 Å². The quantitative estimate of drug-likeness (QED) is 0.523. The lowest BCUT2D eigenvalue weighted by Crippen LogP contribution is -2.19. The molecule has 24 heavy (non-hydrogen) atoms. The van der Waals surface area contributed by atoms with E-state index in [-0.39, 0.29) is 26.8 Å². The van der Waals surface area contributed by atoms with E-state index in [0.717, 1.165) is 23.0 Å². The van der Waals surface area contributed by atoms with Gasteiger partial charge in [-0.1, -0.05) is 29.3 Å². The summed E-state index contributed by atoms with van der Waals surface area (Å²) in [7, 11) is -2.91. The molecule has 2 heterocycles. The molecule has 124 valence electrons. The first-order valence-electron chi connectivity index (χ1n) is 6.79. The van der Waals surface area contributed by atoms with E-state index in [4.69, 9.17) is 11.6 Å². The molecule has 0 aliphatic carbocycles. The Hall–Kier alpha value is -2.45. The lowest BCUT2D eigenvalue weighted by molar-refractivity contribution is 0.0593. The maximum Gasteiger partial charge on any atom is 0.355 e. The molecule has 0 radical (unpaired) electrons. The Bertz CT molecular complexity index is 1040. The summed E-state index contributed by atoms with van der Waals surface area (Å²) in [5, 5.41) is 0.290. The number of ether oxygens (including phenoxy) is 1. The van der Waals surface area contributed by atoms with E-state index in [1.54, 1.807) is 12.1 Å². The van der Waals surface area contributed by atoms with Crippen molar-refractivity contribution >= 4 is 38.6 Å². The molecule has 9 heteroatoms. The highest BCUT2D eigenvalue weighted by molar-refractivity contribution is 7.90. The van der Waals surface area contributed by atoms with Gasteiger partial charge in [0.1, 0.15) is 17.2 Å². The van der Waals surface area contributed by atoms with Crippen LogP contribution in [0.5, 0.6) is 0 Å². The predicted molar refractivity (Wildman–Crippen MR) is 87.6 cm³/mol. The summed E-state index contributed by atoms with van der Waals surface area (Å²) in [4.78, 5) is 19.8. The minimum absolute atomic E-state index is 0.0102. The van der Waals surface area contributed by atoms with Crippen molar-refractivity contribution in [1.82, 2.24) is 13.9 Å². The van der Waals surface area contributed by atoms with E-state index >= 15 is 0 Å². The Morgan fingerprint density at radius 2 is 1.88 bits per heavy atom. The molecule has 0 aliphatic heterocycles. The Morgan fingerprint density at radius 3 is 2.50 bits per heavy atom. The number of halogens is 1. The molecular formula is C15H12ClN3O4S. The maximum absolute atomic E-state index is 13.0. The van der Waals surface area contributed by atoms with Crippen molar-refractivity contribution in [2.75, 3.05) is 7.11 Å². The first kappa shape index (κ1) is 16.4. The van der Waals surface area contributed by atoms with Crippen molar-refractivity contribution in [1.29, 1.82) is 0 Å². The number of benzene rings is 1. The van der Waals surface area contributed by atoms with Gasteiger partial charge in [0.05, 0.1) is 17.4 Å². The molecule has 2 aromatic heterocycles. The van der Waals surface area contributed by atoms with Crippen LogP contribution in [0, 0.1) is 6.92 Å². The summed E-state index contributed by atoms with van der Waals surface area (Å²) < 4.78 is 31.6. The number of hydrogen-bond donors (Lipinski definition) is 0. The van der Waals surface area contributed by atoms with E-state index in [1.807, 2.05) is 6.92 Å². The first-order chi connectivity index (χ1) is 11.4. The second-order valence-corrected chi connectivity index (χ2v) is 7.15. The second kappa shape index (κ2) is 5.88. The number of nitrogens with zero attached hydrogens (tertiary/aromatic N) is 3. The summed E-state index contributed by atoms with van der Waals surface area (Å²) >= 11 is 6.00. The number of aryl methyl sites for hydroxylation is 1. The van der Waals surface area contributed by atoms with Crippen LogP contribution >= 0.6 is 11.6 Å². The zero-order valence-electron chi connectivity index (χ0n) is 12.7. The summed E-state index contributed by atoms with van der Waals surface area (Å²) in [6.07, 6.45) is 1.13. The Balaban J connectivity index is 2.37. The van der Waals surface area contributed by atoms with E-state index in [0.29, 0.717) is 0 Å². The molecule has 3 rings (SSSR count). The van der Waals surface area contributed by atoms with Gasteiger partial charge in [0.2, 0.25) is 0 Å². The van der Waals surface area contributed by atoms with Crippen LogP contribution in [0.25, 0.3) is 11.0 Å². The van der Waals surface area contributed by atoms with E-state index < -0.39 is 16.0 Å². The minimum atomic E-state index is -4.07. The van der Waals surface area contributed by atoms with Crippen LogP contribution in [0.3, 0.4) is 0 Å². The molecule has 0 fully saturated rings.